The van der Waals surface area contributed by atoms with E-state index in [4.69, 9.17) is 0 Å². The quantitative estimate of drug-likeness (QED) is 0.692. The van der Waals surface area contributed by atoms with E-state index in [9.17, 15) is 9.18 Å². The van der Waals surface area contributed by atoms with Crippen LogP contribution in [0.5, 0.6) is 0 Å². The minimum absolute atomic E-state index is 0.0855. The highest BCUT2D eigenvalue weighted by Gasteiger charge is 2.21. The van der Waals surface area contributed by atoms with Crippen molar-refractivity contribution in [2.45, 2.75) is 32.6 Å². The highest BCUT2D eigenvalue weighted by Crippen LogP contribution is 2.30. The number of carbonyl (C=O) groups is 1. The van der Waals surface area contributed by atoms with Gasteiger partial charge in [0.1, 0.15) is 5.82 Å². The van der Waals surface area contributed by atoms with Crippen LogP contribution in [0.4, 0.5) is 4.39 Å². The van der Waals surface area contributed by atoms with E-state index in [2.05, 4.69) is 0 Å². The number of halogens is 1. The molecule has 2 heteroatoms. The molecular weight excluding hydrogens is 191 g/mol. The average Bonchev–Trinajstić information content (AvgIpc) is 2.09. The zero-order valence-electron chi connectivity index (χ0n) is 8.92. The minimum Gasteiger partial charge on any atom is -0.294 e. The van der Waals surface area contributed by atoms with E-state index in [-0.39, 0.29) is 11.6 Å². The Bertz CT molecular complexity index is 360. The number of Topliss-reactive ketones (excluding diaryl/α,β-unsaturated/α-hetero) is 1. The molecule has 1 aliphatic carbocycles. The molecule has 1 fully saturated rings. The third kappa shape index (κ3) is 2.44. The van der Waals surface area contributed by atoms with Crippen LogP contribution in [0.2, 0.25) is 0 Å². The van der Waals surface area contributed by atoms with Crippen LogP contribution in [0.1, 0.15) is 41.6 Å². The molecule has 1 saturated carbocycles. The van der Waals surface area contributed by atoms with Gasteiger partial charge in [0.2, 0.25) is 0 Å². The van der Waals surface area contributed by atoms with Crippen LogP contribution in [0.25, 0.3) is 0 Å². The summed E-state index contributed by atoms with van der Waals surface area (Å²) in [6.45, 7) is 1.81. The zero-order chi connectivity index (χ0) is 10.8. The van der Waals surface area contributed by atoms with Gasteiger partial charge >= 0.3 is 0 Å². The SMILES string of the molecule is Cc1cc(F)cc(C(=O)CC2CCC2)c1. The van der Waals surface area contributed by atoms with Gasteiger partial charge in [0, 0.05) is 12.0 Å². The van der Waals surface area contributed by atoms with Crippen molar-refractivity contribution in [1.29, 1.82) is 0 Å². The van der Waals surface area contributed by atoms with Gasteiger partial charge < -0.3 is 0 Å². The van der Waals surface area contributed by atoms with Gasteiger partial charge in [0.25, 0.3) is 0 Å². The average molecular weight is 206 g/mol. The fourth-order valence-corrected chi connectivity index (χ4v) is 1.97. The van der Waals surface area contributed by atoms with Crippen LogP contribution in [-0.4, -0.2) is 5.78 Å². The Hall–Kier alpha value is -1.18. The lowest BCUT2D eigenvalue weighted by Gasteiger charge is -2.24. The molecule has 1 nitrogen and oxygen atoms in total. The molecule has 0 radical (unpaired) electrons. The summed E-state index contributed by atoms with van der Waals surface area (Å²) in [5.41, 5.74) is 1.34. The van der Waals surface area contributed by atoms with E-state index in [1.54, 1.807) is 6.07 Å². The van der Waals surface area contributed by atoms with Gasteiger partial charge in [-0.15, -0.1) is 0 Å². The summed E-state index contributed by atoms with van der Waals surface area (Å²) >= 11 is 0. The van der Waals surface area contributed by atoms with Crippen LogP contribution in [0, 0.1) is 18.7 Å². The Balaban J connectivity index is 2.10. The Morgan fingerprint density at radius 2 is 2.13 bits per heavy atom. The molecule has 0 saturated heterocycles. The maximum atomic E-state index is 13.1. The number of rotatable bonds is 3. The number of hydrogen-bond donors (Lipinski definition) is 0. The van der Waals surface area contributed by atoms with E-state index < -0.39 is 0 Å². The van der Waals surface area contributed by atoms with Crippen molar-refractivity contribution < 1.29 is 9.18 Å². The number of ketones is 1. The lowest BCUT2D eigenvalue weighted by atomic mass is 9.81. The van der Waals surface area contributed by atoms with Gasteiger partial charge in [0.15, 0.2) is 5.78 Å². The minimum atomic E-state index is -0.313. The summed E-state index contributed by atoms with van der Waals surface area (Å²) < 4.78 is 13.1. The molecule has 0 heterocycles. The van der Waals surface area contributed by atoms with E-state index >= 15 is 0 Å². The van der Waals surface area contributed by atoms with Crippen molar-refractivity contribution in [1.82, 2.24) is 0 Å². The Kier molecular flexibility index (Phi) is 2.85. The van der Waals surface area contributed by atoms with Gasteiger partial charge in [-0.1, -0.05) is 19.3 Å². The molecule has 80 valence electrons. The molecule has 0 atom stereocenters. The first-order valence-corrected chi connectivity index (χ1v) is 5.45. The topological polar surface area (TPSA) is 17.1 Å². The molecule has 0 aliphatic heterocycles. The van der Waals surface area contributed by atoms with Crippen LogP contribution in [0.15, 0.2) is 18.2 Å². The van der Waals surface area contributed by atoms with Crippen molar-refractivity contribution >= 4 is 5.78 Å². The molecular formula is C13H15FO. The van der Waals surface area contributed by atoms with Crippen LogP contribution in [-0.2, 0) is 0 Å². The Morgan fingerprint density at radius 3 is 2.67 bits per heavy atom. The van der Waals surface area contributed by atoms with Crippen molar-refractivity contribution in [2.75, 3.05) is 0 Å². The highest BCUT2D eigenvalue weighted by atomic mass is 19.1. The number of carbonyl (C=O) groups excluding carboxylic acids is 1. The third-order valence-electron chi connectivity index (χ3n) is 3.06. The second kappa shape index (κ2) is 4.13. The van der Waals surface area contributed by atoms with Gasteiger partial charge in [-0.3, -0.25) is 4.79 Å². The van der Waals surface area contributed by atoms with Gasteiger partial charge in [0.05, 0.1) is 0 Å². The molecule has 1 aromatic rings. The summed E-state index contributed by atoms with van der Waals surface area (Å²) in [5.74, 6) is 0.315. The number of aryl methyl sites for hydroxylation is 1. The Labute approximate surface area is 89.3 Å². The van der Waals surface area contributed by atoms with Crippen molar-refractivity contribution in [3.05, 3.63) is 35.1 Å². The monoisotopic (exact) mass is 206 g/mol. The first-order valence-electron chi connectivity index (χ1n) is 5.45. The van der Waals surface area contributed by atoms with Gasteiger partial charge in [-0.2, -0.15) is 0 Å². The maximum Gasteiger partial charge on any atom is 0.163 e. The molecule has 0 N–H and O–H groups in total. The van der Waals surface area contributed by atoms with Crippen molar-refractivity contribution in [2.24, 2.45) is 5.92 Å². The summed E-state index contributed by atoms with van der Waals surface area (Å²) in [7, 11) is 0. The van der Waals surface area contributed by atoms with E-state index in [0.717, 1.165) is 18.4 Å². The van der Waals surface area contributed by atoms with E-state index in [1.165, 1.54) is 18.6 Å². The molecule has 1 aliphatic rings. The van der Waals surface area contributed by atoms with Crippen LogP contribution < -0.4 is 0 Å². The molecule has 0 amide bonds. The molecule has 0 aromatic heterocycles. The molecule has 0 bridgehead atoms. The number of benzene rings is 1. The summed E-state index contributed by atoms with van der Waals surface area (Å²) in [6.07, 6.45) is 4.13. The predicted octanol–water partition coefficient (Wildman–Crippen LogP) is 3.51. The van der Waals surface area contributed by atoms with Crippen LogP contribution in [0.3, 0.4) is 0 Å². The highest BCUT2D eigenvalue weighted by molar-refractivity contribution is 5.96. The summed E-state index contributed by atoms with van der Waals surface area (Å²) in [6, 6.07) is 4.55. The summed E-state index contributed by atoms with van der Waals surface area (Å²) in [5, 5.41) is 0. The zero-order valence-corrected chi connectivity index (χ0v) is 8.92. The smallest absolute Gasteiger partial charge is 0.163 e. The second-order valence-electron chi connectivity index (χ2n) is 4.44. The standard InChI is InChI=1S/C13H15FO/c1-9-5-11(8-12(14)6-9)13(15)7-10-3-2-4-10/h5-6,8,10H,2-4,7H2,1H3. The Morgan fingerprint density at radius 1 is 1.40 bits per heavy atom. The summed E-state index contributed by atoms with van der Waals surface area (Å²) in [4.78, 5) is 11.8. The normalized spacial score (nSPS) is 16.1. The third-order valence-corrected chi connectivity index (χ3v) is 3.06. The van der Waals surface area contributed by atoms with E-state index in [1.807, 2.05) is 6.92 Å². The van der Waals surface area contributed by atoms with Crippen molar-refractivity contribution in [3.8, 4) is 0 Å². The molecule has 2 rings (SSSR count). The second-order valence-corrected chi connectivity index (χ2v) is 4.44. The number of hydrogen-bond acceptors (Lipinski definition) is 1. The van der Waals surface area contributed by atoms with Crippen molar-refractivity contribution in [3.63, 3.8) is 0 Å². The molecule has 1 aromatic carbocycles. The van der Waals surface area contributed by atoms with Gasteiger partial charge in [-0.05, 0) is 36.6 Å². The predicted molar refractivity (Wildman–Crippen MR) is 57.4 cm³/mol. The fraction of sp³-hybridized carbons (Fsp3) is 0.462. The largest absolute Gasteiger partial charge is 0.294 e. The lowest BCUT2D eigenvalue weighted by Crippen LogP contribution is -2.16. The van der Waals surface area contributed by atoms with Crippen LogP contribution >= 0.6 is 0 Å². The molecule has 0 unspecified atom stereocenters. The first-order chi connectivity index (χ1) is 7.15. The molecule has 15 heavy (non-hydrogen) atoms. The van der Waals surface area contributed by atoms with Gasteiger partial charge in [-0.25, -0.2) is 4.39 Å². The lowest BCUT2D eigenvalue weighted by molar-refractivity contribution is 0.0936. The maximum absolute atomic E-state index is 13.1. The van der Waals surface area contributed by atoms with E-state index in [0.29, 0.717) is 17.9 Å². The molecule has 0 spiro atoms. The fourth-order valence-electron chi connectivity index (χ4n) is 1.97. The first kappa shape index (κ1) is 10.3.